The van der Waals surface area contributed by atoms with Crippen LogP contribution in [0.25, 0.3) is 10.9 Å². The molecule has 4 heteroatoms. The lowest BCUT2D eigenvalue weighted by Crippen LogP contribution is -2.46. The van der Waals surface area contributed by atoms with E-state index in [1.807, 2.05) is 52.9 Å². The van der Waals surface area contributed by atoms with E-state index in [1.54, 1.807) is 6.92 Å². The molecule has 1 aromatic carbocycles. The summed E-state index contributed by atoms with van der Waals surface area (Å²) in [6, 6.07) is 5.93. The van der Waals surface area contributed by atoms with E-state index in [-0.39, 0.29) is 11.4 Å². The lowest BCUT2D eigenvalue weighted by atomic mass is 10.1. The van der Waals surface area contributed by atoms with Crippen LogP contribution in [0.15, 0.2) is 24.4 Å². The zero-order valence-electron chi connectivity index (χ0n) is 14.2. The SMILES string of the molecule is Cc1cnc2c(C)cc(OC(C)C(=O)NC(C)(C)C)cc2c1. The zero-order valence-corrected chi connectivity index (χ0v) is 14.2. The second-order valence-corrected chi connectivity index (χ2v) is 6.82. The summed E-state index contributed by atoms with van der Waals surface area (Å²) in [5.74, 6) is 0.571. The second-order valence-electron chi connectivity index (χ2n) is 6.82. The molecule has 2 rings (SSSR count). The van der Waals surface area contributed by atoms with Gasteiger partial charge in [-0.05, 0) is 70.9 Å². The Morgan fingerprint density at radius 1 is 1.23 bits per heavy atom. The summed E-state index contributed by atoms with van der Waals surface area (Å²) >= 11 is 0. The lowest BCUT2D eigenvalue weighted by Gasteiger charge is -2.23. The number of amides is 1. The van der Waals surface area contributed by atoms with E-state index in [0.717, 1.165) is 22.0 Å². The number of nitrogens with one attached hydrogen (secondary N) is 1. The van der Waals surface area contributed by atoms with Crippen molar-refractivity contribution in [1.82, 2.24) is 10.3 Å². The molecule has 0 aliphatic heterocycles. The fourth-order valence-electron chi connectivity index (χ4n) is 2.30. The van der Waals surface area contributed by atoms with Crippen molar-refractivity contribution in [2.75, 3.05) is 0 Å². The molecule has 0 aliphatic rings. The lowest BCUT2D eigenvalue weighted by molar-refractivity contribution is -0.128. The van der Waals surface area contributed by atoms with Crippen LogP contribution in [0.4, 0.5) is 0 Å². The van der Waals surface area contributed by atoms with Gasteiger partial charge in [0.15, 0.2) is 6.10 Å². The fourth-order valence-corrected chi connectivity index (χ4v) is 2.30. The number of carbonyl (C=O) groups excluding carboxylic acids is 1. The summed E-state index contributed by atoms with van der Waals surface area (Å²) in [7, 11) is 0. The number of aromatic nitrogens is 1. The third-order valence-electron chi connectivity index (χ3n) is 3.26. The number of benzene rings is 1. The van der Waals surface area contributed by atoms with Gasteiger partial charge in [0, 0.05) is 17.1 Å². The van der Waals surface area contributed by atoms with Gasteiger partial charge in [0.2, 0.25) is 0 Å². The average molecular weight is 300 g/mol. The summed E-state index contributed by atoms with van der Waals surface area (Å²) in [5, 5.41) is 3.95. The first-order valence-corrected chi connectivity index (χ1v) is 7.51. The minimum atomic E-state index is -0.547. The monoisotopic (exact) mass is 300 g/mol. The molecule has 1 N–H and O–H groups in total. The first-order chi connectivity index (χ1) is 10.2. The fraction of sp³-hybridized carbons (Fsp3) is 0.444. The highest BCUT2D eigenvalue weighted by molar-refractivity contribution is 5.84. The molecule has 118 valence electrons. The summed E-state index contributed by atoms with van der Waals surface area (Å²) in [4.78, 5) is 16.6. The number of nitrogens with zero attached hydrogens (tertiary/aromatic N) is 1. The molecule has 0 saturated carbocycles. The van der Waals surface area contributed by atoms with Gasteiger partial charge >= 0.3 is 0 Å². The van der Waals surface area contributed by atoms with Gasteiger partial charge in [-0.2, -0.15) is 0 Å². The van der Waals surface area contributed by atoms with Gasteiger partial charge in [0.05, 0.1) is 5.52 Å². The highest BCUT2D eigenvalue weighted by atomic mass is 16.5. The Balaban J connectivity index is 2.22. The Morgan fingerprint density at radius 2 is 1.91 bits per heavy atom. The van der Waals surface area contributed by atoms with Crippen LogP contribution in [0.2, 0.25) is 0 Å². The number of hydrogen-bond donors (Lipinski definition) is 1. The number of hydrogen-bond acceptors (Lipinski definition) is 3. The maximum atomic E-state index is 12.1. The van der Waals surface area contributed by atoms with Crippen molar-refractivity contribution in [1.29, 1.82) is 0 Å². The first-order valence-electron chi connectivity index (χ1n) is 7.51. The number of aryl methyl sites for hydroxylation is 2. The van der Waals surface area contributed by atoms with E-state index >= 15 is 0 Å². The quantitative estimate of drug-likeness (QED) is 0.943. The molecule has 1 heterocycles. The molecule has 2 aromatic rings. The van der Waals surface area contributed by atoms with Gasteiger partial charge in [-0.1, -0.05) is 0 Å². The van der Waals surface area contributed by atoms with Crippen LogP contribution >= 0.6 is 0 Å². The molecule has 0 radical (unpaired) electrons. The summed E-state index contributed by atoms with van der Waals surface area (Å²) in [6.45, 7) is 11.6. The Kier molecular flexibility index (Phi) is 4.40. The molecule has 1 unspecified atom stereocenters. The molecule has 1 aromatic heterocycles. The van der Waals surface area contributed by atoms with Crippen molar-refractivity contribution in [3.63, 3.8) is 0 Å². The summed E-state index contributed by atoms with van der Waals surface area (Å²) in [6.07, 6.45) is 1.31. The van der Waals surface area contributed by atoms with Crippen molar-refractivity contribution >= 4 is 16.8 Å². The number of pyridine rings is 1. The standard InChI is InChI=1S/C18H24N2O2/c1-11-7-14-9-15(8-12(2)16(14)19-10-11)22-13(3)17(21)20-18(4,5)6/h7-10,13H,1-6H3,(H,20,21). The Hall–Kier alpha value is -2.10. The number of rotatable bonds is 3. The molecule has 1 amide bonds. The van der Waals surface area contributed by atoms with Gasteiger partial charge in [-0.25, -0.2) is 0 Å². The van der Waals surface area contributed by atoms with Crippen LogP contribution in [0.5, 0.6) is 5.75 Å². The number of carbonyl (C=O) groups is 1. The zero-order chi connectivity index (χ0) is 16.5. The maximum absolute atomic E-state index is 12.1. The van der Waals surface area contributed by atoms with Crippen LogP contribution in [0.1, 0.15) is 38.8 Å². The Bertz CT molecular complexity index is 702. The van der Waals surface area contributed by atoms with Crippen LogP contribution in [0, 0.1) is 13.8 Å². The third kappa shape index (κ3) is 3.97. The molecule has 1 atom stereocenters. The van der Waals surface area contributed by atoms with Gasteiger partial charge in [0.25, 0.3) is 5.91 Å². The molecular weight excluding hydrogens is 276 g/mol. The van der Waals surface area contributed by atoms with Gasteiger partial charge in [-0.3, -0.25) is 9.78 Å². The van der Waals surface area contributed by atoms with Crippen LogP contribution in [0.3, 0.4) is 0 Å². The Labute approximate surface area is 131 Å². The topological polar surface area (TPSA) is 51.2 Å². The molecule has 0 fully saturated rings. The molecule has 0 saturated heterocycles. The van der Waals surface area contributed by atoms with Crippen LogP contribution in [-0.2, 0) is 4.79 Å². The molecular formula is C18H24N2O2. The molecule has 0 aliphatic carbocycles. The van der Waals surface area contributed by atoms with Gasteiger partial charge in [-0.15, -0.1) is 0 Å². The van der Waals surface area contributed by atoms with Gasteiger partial charge in [0.1, 0.15) is 5.75 Å². The first kappa shape index (κ1) is 16.3. The number of fused-ring (bicyclic) bond motifs is 1. The van der Waals surface area contributed by atoms with Crippen molar-refractivity contribution in [3.05, 3.63) is 35.5 Å². The minimum Gasteiger partial charge on any atom is -0.481 e. The minimum absolute atomic E-state index is 0.118. The molecule has 4 nitrogen and oxygen atoms in total. The van der Waals surface area contributed by atoms with E-state index in [4.69, 9.17) is 4.74 Å². The van der Waals surface area contributed by atoms with Crippen LogP contribution < -0.4 is 10.1 Å². The highest BCUT2D eigenvalue weighted by Crippen LogP contribution is 2.25. The number of ether oxygens (including phenoxy) is 1. The van der Waals surface area contributed by atoms with Crippen molar-refractivity contribution in [2.45, 2.75) is 53.2 Å². The van der Waals surface area contributed by atoms with Crippen molar-refractivity contribution in [3.8, 4) is 5.75 Å². The summed E-state index contributed by atoms with van der Waals surface area (Å²) in [5.41, 5.74) is 2.83. The third-order valence-corrected chi connectivity index (χ3v) is 3.26. The van der Waals surface area contributed by atoms with E-state index in [1.165, 1.54) is 0 Å². The van der Waals surface area contributed by atoms with Crippen molar-refractivity contribution < 1.29 is 9.53 Å². The van der Waals surface area contributed by atoms with E-state index in [9.17, 15) is 4.79 Å². The highest BCUT2D eigenvalue weighted by Gasteiger charge is 2.20. The van der Waals surface area contributed by atoms with E-state index in [2.05, 4.69) is 16.4 Å². The van der Waals surface area contributed by atoms with Crippen molar-refractivity contribution in [2.24, 2.45) is 0 Å². The average Bonchev–Trinajstić information content (AvgIpc) is 2.35. The predicted molar refractivity (Wildman–Crippen MR) is 89.2 cm³/mol. The van der Waals surface area contributed by atoms with Gasteiger partial charge < -0.3 is 10.1 Å². The molecule has 22 heavy (non-hydrogen) atoms. The molecule has 0 spiro atoms. The summed E-state index contributed by atoms with van der Waals surface area (Å²) < 4.78 is 5.81. The van der Waals surface area contributed by atoms with E-state index < -0.39 is 6.10 Å². The normalized spacial score (nSPS) is 13.0. The largest absolute Gasteiger partial charge is 0.481 e. The second kappa shape index (κ2) is 5.95. The van der Waals surface area contributed by atoms with Crippen LogP contribution in [-0.4, -0.2) is 22.5 Å². The predicted octanol–water partition coefficient (Wildman–Crippen LogP) is 3.53. The molecule has 0 bridgehead atoms. The smallest absolute Gasteiger partial charge is 0.261 e. The maximum Gasteiger partial charge on any atom is 0.261 e. The Morgan fingerprint density at radius 3 is 2.55 bits per heavy atom. The van der Waals surface area contributed by atoms with E-state index in [0.29, 0.717) is 5.75 Å².